The molecule has 20 heavy (non-hydrogen) atoms. The number of aromatic amines is 1. The molecule has 0 aliphatic carbocycles. The van der Waals surface area contributed by atoms with Crippen LogP contribution in [-0.2, 0) is 26.6 Å². The quantitative estimate of drug-likeness (QED) is 0.873. The molecule has 0 aromatic carbocycles. The molecule has 0 radical (unpaired) electrons. The van der Waals surface area contributed by atoms with Crippen LogP contribution in [0.25, 0.3) is 0 Å². The Hall–Kier alpha value is -1.95. The van der Waals surface area contributed by atoms with Gasteiger partial charge in [0.05, 0.1) is 22.6 Å². The second kappa shape index (κ2) is 4.86. The number of hydrogen-bond donors (Lipinski definition) is 1. The van der Waals surface area contributed by atoms with E-state index in [1.54, 1.807) is 0 Å². The van der Waals surface area contributed by atoms with Gasteiger partial charge in [-0.1, -0.05) is 0 Å². The van der Waals surface area contributed by atoms with Gasteiger partial charge in [0.15, 0.2) is 0 Å². The molecule has 2 aromatic heterocycles. The van der Waals surface area contributed by atoms with Crippen molar-refractivity contribution in [3.05, 3.63) is 44.9 Å². The van der Waals surface area contributed by atoms with Gasteiger partial charge >= 0.3 is 0 Å². The van der Waals surface area contributed by atoms with Gasteiger partial charge in [0.1, 0.15) is 5.82 Å². The molecular formula is C14H19N5O. The smallest absolute Gasteiger partial charge is 0.255 e. The Kier molecular flexibility index (Phi) is 3.17. The van der Waals surface area contributed by atoms with Crippen molar-refractivity contribution < 1.29 is 0 Å². The van der Waals surface area contributed by atoms with Crippen LogP contribution in [0, 0.1) is 13.8 Å². The first-order valence-electron chi connectivity index (χ1n) is 6.83. The highest BCUT2D eigenvalue weighted by Gasteiger charge is 2.21. The third-order valence-corrected chi connectivity index (χ3v) is 3.75. The van der Waals surface area contributed by atoms with E-state index in [1.165, 1.54) is 5.69 Å². The van der Waals surface area contributed by atoms with Crippen molar-refractivity contribution in [2.75, 3.05) is 6.54 Å². The molecule has 6 nitrogen and oxygen atoms in total. The van der Waals surface area contributed by atoms with Crippen LogP contribution in [0.15, 0.2) is 10.9 Å². The van der Waals surface area contributed by atoms with Crippen molar-refractivity contribution in [3.8, 4) is 0 Å². The summed E-state index contributed by atoms with van der Waals surface area (Å²) in [5, 5.41) is 4.36. The number of fused-ring (bicyclic) bond motifs is 1. The van der Waals surface area contributed by atoms with Crippen molar-refractivity contribution in [1.29, 1.82) is 0 Å². The van der Waals surface area contributed by atoms with Gasteiger partial charge in [-0.05, 0) is 19.9 Å². The van der Waals surface area contributed by atoms with Crippen LogP contribution in [0.3, 0.4) is 0 Å². The van der Waals surface area contributed by atoms with Crippen LogP contribution in [-0.4, -0.2) is 31.2 Å². The molecular weight excluding hydrogens is 254 g/mol. The predicted octanol–water partition coefficient (Wildman–Crippen LogP) is 0.679. The number of nitrogens with zero attached hydrogens (tertiary/aromatic N) is 4. The highest BCUT2D eigenvalue weighted by atomic mass is 16.1. The van der Waals surface area contributed by atoms with E-state index in [4.69, 9.17) is 0 Å². The molecule has 0 saturated carbocycles. The molecule has 0 bridgehead atoms. The minimum absolute atomic E-state index is 0.00149. The predicted molar refractivity (Wildman–Crippen MR) is 75.4 cm³/mol. The van der Waals surface area contributed by atoms with E-state index in [0.29, 0.717) is 12.4 Å². The topological polar surface area (TPSA) is 66.8 Å². The highest BCUT2D eigenvalue weighted by Crippen LogP contribution is 2.16. The van der Waals surface area contributed by atoms with Gasteiger partial charge in [-0.2, -0.15) is 5.10 Å². The van der Waals surface area contributed by atoms with Crippen molar-refractivity contribution in [2.24, 2.45) is 7.05 Å². The molecule has 3 rings (SSSR count). The number of H-pyrrole nitrogens is 1. The van der Waals surface area contributed by atoms with Crippen LogP contribution in [0.1, 0.15) is 28.5 Å². The molecule has 106 valence electrons. The zero-order valence-corrected chi connectivity index (χ0v) is 12.1. The molecule has 1 N–H and O–H groups in total. The Morgan fingerprint density at radius 3 is 2.90 bits per heavy atom. The lowest BCUT2D eigenvalue weighted by atomic mass is 10.1. The van der Waals surface area contributed by atoms with Crippen LogP contribution >= 0.6 is 0 Å². The summed E-state index contributed by atoms with van der Waals surface area (Å²) in [6.45, 7) is 6.21. The third kappa shape index (κ3) is 2.38. The summed E-state index contributed by atoms with van der Waals surface area (Å²) in [5.74, 6) is 0.699. The minimum atomic E-state index is -0.00149. The summed E-state index contributed by atoms with van der Waals surface area (Å²) < 4.78 is 1.91. The fourth-order valence-electron chi connectivity index (χ4n) is 2.78. The second-order valence-corrected chi connectivity index (χ2v) is 5.44. The maximum absolute atomic E-state index is 12.0. The first kappa shape index (κ1) is 13.1. The Labute approximate surface area is 117 Å². The molecule has 2 aromatic rings. The zero-order valence-electron chi connectivity index (χ0n) is 12.1. The Balaban J connectivity index is 1.82. The fourth-order valence-corrected chi connectivity index (χ4v) is 2.78. The number of aryl methyl sites for hydroxylation is 3. The standard InChI is InChI=1S/C14H19N5O/c1-9-6-11(18(3)17-9)7-19-5-4-13-12(8-19)14(20)16-10(2)15-13/h6H,4-5,7-8H2,1-3H3,(H,15,16,20). The molecule has 0 unspecified atom stereocenters. The van der Waals surface area contributed by atoms with Gasteiger partial charge in [0, 0.05) is 33.1 Å². The third-order valence-electron chi connectivity index (χ3n) is 3.75. The van der Waals surface area contributed by atoms with E-state index in [9.17, 15) is 4.79 Å². The number of nitrogens with one attached hydrogen (secondary N) is 1. The Morgan fingerprint density at radius 2 is 2.20 bits per heavy atom. The summed E-state index contributed by atoms with van der Waals surface area (Å²) in [6, 6.07) is 2.09. The van der Waals surface area contributed by atoms with Gasteiger partial charge in [0.25, 0.3) is 5.56 Å². The second-order valence-electron chi connectivity index (χ2n) is 5.44. The summed E-state index contributed by atoms with van der Waals surface area (Å²) in [5.41, 5.74) is 3.94. The molecule has 0 fully saturated rings. The minimum Gasteiger partial charge on any atom is -0.310 e. The number of rotatable bonds is 2. The molecule has 0 saturated heterocycles. The molecule has 1 aliphatic rings. The summed E-state index contributed by atoms with van der Waals surface area (Å²) in [7, 11) is 1.96. The molecule has 0 spiro atoms. The fraction of sp³-hybridized carbons (Fsp3) is 0.500. The van der Waals surface area contributed by atoms with E-state index >= 15 is 0 Å². The lowest BCUT2D eigenvalue weighted by Gasteiger charge is -2.27. The first-order valence-corrected chi connectivity index (χ1v) is 6.83. The largest absolute Gasteiger partial charge is 0.310 e. The van der Waals surface area contributed by atoms with Crippen molar-refractivity contribution >= 4 is 0 Å². The van der Waals surface area contributed by atoms with Gasteiger partial charge in [0.2, 0.25) is 0 Å². The van der Waals surface area contributed by atoms with E-state index in [-0.39, 0.29) is 5.56 Å². The highest BCUT2D eigenvalue weighted by molar-refractivity contribution is 5.21. The monoisotopic (exact) mass is 273 g/mol. The lowest BCUT2D eigenvalue weighted by Crippen LogP contribution is -2.36. The first-order chi connectivity index (χ1) is 9.52. The maximum Gasteiger partial charge on any atom is 0.255 e. The molecule has 6 heteroatoms. The summed E-state index contributed by atoms with van der Waals surface area (Å²) in [6.07, 6.45) is 0.830. The Bertz CT molecular complexity index is 700. The van der Waals surface area contributed by atoms with E-state index in [1.807, 2.05) is 25.6 Å². The Morgan fingerprint density at radius 1 is 1.40 bits per heavy atom. The molecule has 3 heterocycles. The van der Waals surface area contributed by atoms with Crippen molar-refractivity contribution in [1.82, 2.24) is 24.6 Å². The lowest BCUT2D eigenvalue weighted by molar-refractivity contribution is 0.235. The molecule has 0 amide bonds. The van der Waals surface area contributed by atoms with Crippen LogP contribution in [0.2, 0.25) is 0 Å². The normalized spacial score (nSPS) is 15.3. The summed E-state index contributed by atoms with van der Waals surface area (Å²) in [4.78, 5) is 21.5. The van der Waals surface area contributed by atoms with Crippen LogP contribution in [0.5, 0.6) is 0 Å². The van der Waals surface area contributed by atoms with E-state index < -0.39 is 0 Å². The zero-order chi connectivity index (χ0) is 14.3. The average Bonchev–Trinajstić information content (AvgIpc) is 2.68. The SMILES string of the molecule is Cc1cc(CN2CCc3nc(C)[nH]c(=O)c3C2)n(C)n1. The number of hydrogen-bond acceptors (Lipinski definition) is 4. The van der Waals surface area contributed by atoms with Gasteiger partial charge in [-0.25, -0.2) is 4.98 Å². The van der Waals surface area contributed by atoms with E-state index in [0.717, 1.165) is 36.5 Å². The van der Waals surface area contributed by atoms with Gasteiger partial charge in [-0.15, -0.1) is 0 Å². The summed E-state index contributed by atoms with van der Waals surface area (Å²) >= 11 is 0. The van der Waals surface area contributed by atoms with Crippen molar-refractivity contribution in [2.45, 2.75) is 33.4 Å². The van der Waals surface area contributed by atoms with Crippen molar-refractivity contribution in [3.63, 3.8) is 0 Å². The average molecular weight is 273 g/mol. The van der Waals surface area contributed by atoms with Crippen LogP contribution in [0.4, 0.5) is 0 Å². The van der Waals surface area contributed by atoms with Gasteiger partial charge < -0.3 is 4.98 Å². The maximum atomic E-state index is 12.0. The molecule has 0 atom stereocenters. The van der Waals surface area contributed by atoms with Crippen LogP contribution < -0.4 is 5.56 Å². The van der Waals surface area contributed by atoms with E-state index in [2.05, 4.69) is 26.0 Å². The van der Waals surface area contributed by atoms with Gasteiger partial charge in [-0.3, -0.25) is 14.4 Å². The number of aromatic nitrogens is 4. The molecule has 1 aliphatic heterocycles.